The zero-order chi connectivity index (χ0) is 45.2. The predicted molar refractivity (Wildman–Crippen MR) is 226 cm³/mol. The second-order valence-electron chi connectivity index (χ2n) is 15.3. The van der Waals surface area contributed by atoms with E-state index in [4.69, 9.17) is 30.4 Å². The summed E-state index contributed by atoms with van der Waals surface area (Å²) in [4.78, 5) is 71.2. The first-order valence-corrected chi connectivity index (χ1v) is 20.2. The number of ether oxygens (including phenoxy) is 4. The van der Waals surface area contributed by atoms with Crippen LogP contribution >= 0.6 is 0 Å². The molecule has 1 aromatic heterocycles. The minimum Gasteiger partial charge on any atom is -0.486 e. The lowest BCUT2D eigenvalue weighted by molar-refractivity contribution is -0.287. The van der Waals surface area contributed by atoms with Gasteiger partial charge in [-0.05, 0) is 59.5 Å². The number of nitrogen functional groups attached to an aromatic ring is 1. The second kappa shape index (κ2) is 18.5. The van der Waals surface area contributed by atoms with Crippen molar-refractivity contribution in [3.8, 4) is 11.5 Å². The van der Waals surface area contributed by atoms with Crippen LogP contribution in [0.15, 0.2) is 81.8 Å². The van der Waals surface area contributed by atoms with E-state index in [2.05, 4.69) is 20.0 Å². The zero-order valence-electron chi connectivity index (χ0n) is 33.9. The fourth-order valence-electron chi connectivity index (χ4n) is 7.91. The normalized spacial score (nSPS) is 21.9. The maximum absolute atomic E-state index is 14.7. The number of pyridine rings is 1. The Morgan fingerprint density at radius 2 is 1.72 bits per heavy atom. The van der Waals surface area contributed by atoms with Gasteiger partial charge in [-0.3, -0.25) is 19.4 Å². The lowest BCUT2D eigenvalue weighted by atomic mass is 9.81. The smallest absolute Gasteiger partial charge is 0.302 e. The van der Waals surface area contributed by atoms with Gasteiger partial charge in [0.05, 0.1) is 31.5 Å². The van der Waals surface area contributed by atoms with Crippen LogP contribution in [0.1, 0.15) is 60.5 Å². The summed E-state index contributed by atoms with van der Waals surface area (Å²) >= 11 is 0. The molecule has 0 spiro atoms. The van der Waals surface area contributed by atoms with Gasteiger partial charge in [-0.15, -0.1) is 0 Å². The molecular formula is C44H43N7O13. The van der Waals surface area contributed by atoms with E-state index in [-0.39, 0.29) is 95.2 Å². The number of aromatic nitrogens is 1. The highest BCUT2D eigenvalue weighted by Crippen LogP contribution is 2.45. The Kier molecular flexibility index (Phi) is 12.7. The molecule has 6 atom stereocenters. The first-order valence-electron chi connectivity index (χ1n) is 20.2. The summed E-state index contributed by atoms with van der Waals surface area (Å²) in [5.74, 6) is -2.35. The van der Waals surface area contributed by atoms with E-state index in [0.29, 0.717) is 23.1 Å². The van der Waals surface area contributed by atoms with Crippen LogP contribution in [0.25, 0.3) is 0 Å². The van der Waals surface area contributed by atoms with Crippen LogP contribution in [0.5, 0.6) is 11.5 Å². The van der Waals surface area contributed by atoms with E-state index in [1.54, 1.807) is 41.3 Å². The molecular weight excluding hydrogens is 835 g/mol. The average Bonchev–Trinajstić information content (AvgIpc) is 3.71. The molecule has 1 saturated heterocycles. The van der Waals surface area contributed by atoms with Gasteiger partial charge in [0.25, 0.3) is 0 Å². The van der Waals surface area contributed by atoms with Gasteiger partial charge in [0.1, 0.15) is 49.8 Å². The molecule has 1 fully saturated rings. The number of nitrogens with zero attached hydrogens (tertiary/aromatic N) is 5. The van der Waals surface area contributed by atoms with E-state index in [0.717, 1.165) is 5.56 Å². The molecule has 3 aromatic carbocycles. The Bertz CT molecular complexity index is 2620. The van der Waals surface area contributed by atoms with Crippen LogP contribution in [0.3, 0.4) is 0 Å². The number of carbonyl (C=O) groups is 4. The number of guanidine groups is 1. The molecule has 4 heterocycles. The van der Waals surface area contributed by atoms with Crippen molar-refractivity contribution in [3.63, 3.8) is 0 Å². The van der Waals surface area contributed by atoms with E-state index < -0.39 is 74.1 Å². The number of benzene rings is 3. The van der Waals surface area contributed by atoms with Gasteiger partial charge in [0.15, 0.2) is 34.6 Å². The number of aliphatic hydroxyl groups excluding tert-OH is 5. The molecule has 4 aromatic rings. The monoisotopic (exact) mass is 877 g/mol. The quantitative estimate of drug-likeness (QED) is 0.0630. The third-order valence-electron chi connectivity index (χ3n) is 11.1. The zero-order valence-corrected chi connectivity index (χ0v) is 33.9. The molecule has 1 aliphatic carbocycles. The lowest BCUT2D eigenvalue weighted by Crippen LogP contribution is -2.61. The van der Waals surface area contributed by atoms with Crippen molar-refractivity contribution in [2.24, 2.45) is 20.7 Å². The van der Waals surface area contributed by atoms with Crippen LogP contribution in [0.2, 0.25) is 0 Å². The van der Waals surface area contributed by atoms with Gasteiger partial charge < -0.3 is 65.6 Å². The first kappa shape index (κ1) is 43.9. The topological polar surface area (TPSA) is 312 Å². The molecule has 0 unspecified atom stereocenters. The summed E-state index contributed by atoms with van der Waals surface area (Å²) in [6.07, 6.45) is -7.41. The molecule has 1 amide bonds. The summed E-state index contributed by atoms with van der Waals surface area (Å²) in [7, 11) is 0. The maximum atomic E-state index is 14.7. The number of hydrogen-bond donors (Lipinski definition) is 7. The number of amidine groups is 1. The van der Waals surface area contributed by atoms with Crippen molar-refractivity contribution in [3.05, 3.63) is 111 Å². The first-order chi connectivity index (χ1) is 30.9. The maximum Gasteiger partial charge on any atom is 0.302 e. The minimum atomic E-state index is -1.70. The van der Waals surface area contributed by atoms with Crippen LogP contribution in [-0.2, 0) is 38.5 Å². The molecule has 64 heavy (non-hydrogen) atoms. The number of amides is 1. The number of hydrogen-bond acceptors (Lipinski definition) is 19. The molecule has 3 aliphatic heterocycles. The number of aldehydes is 1. The Labute approximate surface area is 364 Å². The fraction of sp³-hybridized carbons (Fsp3) is 0.318. The Hall–Kier alpha value is -6.78. The highest BCUT2D eigenvalue weighted by molar-refractivity contribution is 6.72. The van der Waals surface area contributed by atoms with Crippen molar-refractivity contribution >= 4 is 52.8 Å². The lowest BCUT2D eigenvalue weighted by Gasteiger charge is -2.42. The summed E-state index contributed by atoms with van der Waals surface area (Å²) in [6, 6.07) is 16.1. The average molecular weight is 878 g/mol. The SMILES string of the molecule is NC1=NC(=O)C2=NCN(c3ccccc3Cc3cc4c(c(OC[C@H](O)CC=O)c3O[C@H]3O[C@@H](CO)[C@H](O)[C@@H](O)[C@@H]3OCCc3ccnc(N)c3)C(=O)c3cc(CO)ccc3C4=O)C2=N1. The van der Waals surface area contributed by atoms with Gasteiger partial charge in [-0.2, -0.15) is 9.98 Å². The van der Waals surface area contributed by atoms with Gasteiger partial charge in [0.2, 0.25) is 12.2 Å². The number of rotatable bonds is 16. The second-order valence-corrected chi connectivity index (χ2v) is 15.3. The number of aliphatic imine (C=N–C) groups is 3. The third-order valence-corrected chi connectivity index (χ3v) is 11.1. The van der Waals surface area contributed by atoms with E-state index in [1.165, 1.54) is 30.5 Å². The standard InChI is InChI=1S/C44H43N7O13/c45-31-14-21(7-10-47-31)9-12-61-40-37(59)36(58)30(18-54)63-43(40)64-38-24(15-23-3-1-2-4-29(23)51-20-48-33-41(51)49-44(46)50-42(33)60)16-28-32(39(38)62-19-25(55)8-11-52)35(57)27-13-22(17-53)5-6-26(27)34(28)56/h1-7,10-11,13-14,16,25,30,36-37,40,43,53-55,58-59H,8-9,12,15,17-20H2,(H2,45,47)(H2,46,50,60)/t25-,30+,36+,37-,40+,43-/m1/s1. The largest absolute Gasteiger partial charge is 0.486 e. The molecule has 20 nitrogen and oxygen atoms in total. The van der Waals surface area contributed by atoms with E-state index >= 15 is 0 Å². The number of fused-ring (bicyclic) bond motifs is 3. The van der Waals surface area contributed by atoms with Crippen molar-refractivity contribution in [1.29, 1.82) is 0 Å². The summed E-state index contributed by atoms with van der Waals surface area (Å²) < 4.78 is 25.1. The highest BCUT2D eigenvalue weighted by atomic mass is 16.7. The van der Waals surface area contributed by atoms with Gasteiger partial charge in [-0.1, -0.05) is 24.3 Å². The number of anilines is 2. The Balaban J connectivity index is 1.28. The van der Waals surface area contributed by atoms with Crippen LogP contribution in [-0.4, -0.2) is 135 Å². The van der Waals surface area contributed by atoms with Gasteiger partial charge in [0, 0.05) is 47.0 Å². The van der Waals surface area contributed by atoms with E-state index in [1.807, 2.05) is 0 Å². The number of para-hydroxylation sites is 1. The summed E-state index contributed by atoms with van der Waals surface area (Å²) in [6.45, 7) is -1.85. The van der Waals surface area contributed by atoms with Crippen molar-refractivity contribution in [1.82, 2.24) is 4.98 Å². The third kappa shape index (κ3) is 8.50. The van der Waals surface area contributed by atoms with Crippen molar-refractivity contribution < 1.29 is 63.7 Å². The van der Waals surface area contributed by atoms with Crippen molar-refractivity contribution in [2.75, 3.05) is 37.1 Å². The molecule has 0 bridgehead atoms. The van der Waals surface area contributed by atoms with Gasteiger partial charge in [-0.25, -0.2) is 4.98 Å². The molecule has 20 heteroatoms. The molecule has 9 N–H and O–H groups in total. The molecule has 0 saturated carbocycles. The number of nitrogens with two attached hydrogens (primary N) is 2. The summed E-state index contributed by atoms with van der Waals surface area (Å²) in [5.41, 5.74) is 13.7. The number of ketones is 2. The van der Waals surface area contributed by atoms with Crippen LogP contribution < -0.4 is 25.8 Å². The molecule has 332 valence electrons. The summed E-state index contributed by atoms with van der Waals surface area (Å²) in [5, 5.41) is 53.5. The van der Waals surface area contributed by atoms with Crippen LogP contribution in [0, 0.1) is 0 Å². The number of aliphatic hydroxyl groups is 5. The molecule has 0 radical (unpaired) electrons. The van der Waals surface area contributed by atoms with E-state index in [9.17, 15) is 44.7 Å². The highest BCUT2D eigenvalue weighted by Gasteiger charge is 2.48. The van der Waals surface area contributed by atoms with Crippen LogP contribution in [0.4, 0.5) is 11.5 Å². The molecule has 8 rings (SSSR count). The molecule has 4 aliphatic rings. The Morgan fingerprint density at radius 3 is 2.48 bits per heavy atom. The fourth-order valence-corrected chi connectivity index (χ4v) is 7.91. The minimum absolute atomic E-state index is 0.00516. The number of carbonyl (C=O) groups excluding carboxylic acids is 4. The predicted octanol–water partition coefficient (Wildman–Crippen LogP) is -0.231. The van der Waals surface area contributed by atoms with Gasteiger partial charge >= 0.3 is 5.91 Å². The Morgan fingerprint density at radius 1 is 0.906 bits per heavy atom. The van der Waals surface area contributed by atoms with Crippen molar-refractivity contribution in [2.45, 2.75) is 62.7 Å².